The first-order chi connectivity index (χ1) is 19.9. The van der Waals surface area contributed by atoms with Gasteiger partial charge in [-0.25, -0.2) is 9.59 Å². The monoisotopic (exact) mass is 583 g/mol. The Hall–Kier alpha value is -4.59. The summed E-state index contributed by atoms with van der Waals surface area (Å²) in [5.41, 5.74) is 2.46. The Morgan fingerprint density at radius 2 is 1.69 bits per heavy atom. The number of amides is 5. The molecule has 4 rings (SSSR count). The molecule has 4 N–H and O–H groups in total. The summed E-state index contributed by atoms with van der Waals surface area (Å²) in [5.74, 6) is 0.461. The van der Waals surface area contributed by atoms with E-state index in [1.165, 1.54) is 4.90 Å². The summed E-state index contributed by atoms with van der Waals surface area (Å²) >= 11 is 0. The van der Waals surface area contributed by atoms with E-state index in [1.54, 1.807) is 64.8 Å². The smallest absolute Gasteiger partial charge is 0.323 e. The van der Waals surface area contributed by atoms with Crippen molar-refractivity contribution >= 4 is 35.0 Å². The van der Waals surface area contributed by atoms with Crippen molar-refractivity contribution in [2.45, 2.75) is 53.7 Å². The Balaban J connectivity index is 1.64. The molecule has 0 radical (unpaired) electrons. The number of rotatable bonds is 7. The van der Waals surface area contributed by atoms with Crippen LogP contribution in [-0.4, -0.2) is 82.1 Å². The molecule has 42 heavy (non-hydrogen) atoms. The number of carbonyl (C=O) groups is 3. The second-order valence-electron chi connectivity index (χ2n) is 10.6. The van der Waals surface area contributed by atoms with Gasteiger partial charge >= 0.3 is 12.1 Å². The average molecular weight is 584 g/mol. The Morgan fingerprint density at radius 3 is 2.26 bits per heavy atom. The van der Waals surface area contributed by atoms with Crippen LogP contribution in [-0.2, 0) is 0 Å². The minimum absolute atomic E-state index is 0.144. The molecule has 3 aromatic rings. The number of nitrogens with one attached hydrogen (secondary N) is 3. The maximum atomic E-state index is 13.7. The number of aliphatic hydroxyl groups is 1. The van der Waals surface area contributed by atoms with Crippen molar-refractivity contribution in [1.29, 1.82) is 0 Å². The molecule has 0 fully saturated rings. The molecular weight excluding hydrogens is 546 g/mol. The lowest BCUT2D eigenvalue weighted by Crippen LogP contribution is -2.50. The van der Waals surface area contributed by atoms with E-state index in [9.17, 15) is 19.5 Å². The number of anilines is 3. The molecule has 1 aliphatic rings. The molecule has 5 amide bonds. The van der Waals surface area contributed by atoms with Gasteiger partial charge in [0.25, 0.3) is 5.91 Å². The summed E-state index contributed by atoms with van der Waals surface area (Å²) in [6, 6.07) is 3.40. The number of carbonyl (C=O) groups excluding carboxylic acids is 3. The summed E-state index contributed by atoms with van der Waals surface area (Å²) < 4.78 is 16.7. The Labute approximate surface area is 243 Å². The van der Waals surface area contributed by atoms with Gasteiger partial charge in [-0.15, -0.1) is 0 Å². The molecule has 1 aliphatic heterocycles. The topological polar surface area (TPSA) is 175 Å². The van der Waals surface area contributed by atoms with Crippen LogP contribution in [0.2, 0.25) is 0 Å². The van der Waals surface area contributed by atoms with Crippen LogP contribution in [0, 0.1) is 33.6 Å². The maximum Gasteiger partial charge on any atom is 0.323 e. The quantitative estimate of drug-likeness (QED) is 0.321. The molecule has 3 atom stereocenters. The zero-order valence-corrected chi connectivity index (χ0v) is 24.8. The lowest BCUT2D eigenvalue weighted by molar-refractivity contribution is 0.0373. The van der Waals surface area contributed by atoms with Gasteiger partial charge in [0.05, 0.1) is 30.4 Å². The Morgan fingerprint density at radius 1 is 1.07 bits per heavy atom. The molecule has 226 valence electrons. The van der Waals surface area contributed by atoms with E-state index in [0.717, 1.165) is 0 Å². The molecule has 0 spiro atoms. The van der Waals surface area contributed by atoms with E-state index in [0.29, 0.717) is 34.3 Å². The fourth-order valence-electron chi connectivity index (χ4n) is 4.70. The van der Waals surface area contributed by atoms with Crippen molar-refractivity contribution in [2.75, 3.05) is 42.7 Å². The van der Waals surface area contributed by atoms with E-state index < -0.39 is 24.2 Å². The SMILES string of the molecule is Cc1noc(C)c1NC(=O)Nc1cccc2c1O[C@H](CN(C)C(=O)Nc1c(C)noc1C)[C@H](C)CN([C@@H](C)CO)C2=O. The number of fused-ring (bicyclic) bond motifs is 1. The largest absolute Gasteiger partial charge is 0.485 e. The van der Waals surface area contributed by atoms with Gasteiger partial charge in [0, 0.05) is 19.5 Å². The minimum Gasteiger partial charge on any atom is -0.485 e. The normalized spacial score (nSPS) is 17.4. The van der Waals surface area contributed by atoms with E-state index in [-0.39, 0.29) is 48.5 Å². The number of aliphatic hydroxyl groups excluding tert-OH is 1. The third-order valence-corrected chi connectivity index (χ3v) is 7.28. The first-order valence-corrected chi connectivity index (χ1v) is 13.6. The van der Waals surface area contributed by atoms with Crippen molar-refractivity contribution in [3.63, 3.8) is 0 Å². The second-order valence-corrected chi connectivity index (χ2v) is 10.6. The van der Waals surface area contributed by atoms with E-state index in [1.807, 2.05) is 6.92 Å². The summed E-state index contributed by atoms with van der Waals surface area (Å²) in [7, 11) is 1.63. The van der Waals surface area contributed by atoms with Crippen LogP contribution in [0.25, 0.3) is 0 Å². The summed E-state index contributed by atoms with van der Waals surface area (Å²) in [5, 5.41) is 25.9. The number of aromatic nitrogens is 2. The molecule has 1 aromatic carbocycles. The summed E-state index contributed by atoms with van der Waals surface area (Å²) in [6.45, 7) is 10.6. The molecule has 0 saturated heterocycles. The van der Waals surface area contributed by atoms with Gasteiger partial charge in [0.2, 0.25) is 0 Å². The molecule has 14 heteroatoms. The zero-order valence-electron chi connectivity index (χ0n) is 24.8. The van der Waals surface area contributed by atoms with Crippen molar-refractivity contribution in [2.24, 2.45) is 5.92 Å². The Kier molecular flexibility index (Phi) is 9.05. The molecule has 2 aromatic heterocycles. The predicted octanol–water partition coefficient (Wildman–Crippen LogP) is 3.92. The van der Waals surface area contributed by atoms with Crippen LogP contribution in [0.5, 0.6) is 5.75 Å². The lowest BCUT2D eigenvalue weighted by atomic mass is 9.99. The molecule has 0 unspecified atom stereocenters. The average Bonchev–Trinajstić information content (AvgIpc) is 3.44. The zero-order chi connectivity index (χ0) is 30.7. The fourth-order valence-corrected chi connectivity index (χ4v) is 4.70. The van der Waals surface area contributed by atoms with Crippen LogP contribution in [0.4, 0.5) is 26.7 Å². The van der Waals surface area contributed by atoms with Gasteiger partial charge in [-0.1, -0.05) is 23.3 Å². The number of urea groups is 2. The maximum absolute atomic E-state index is 13.7. The lowest BCUT2D eigenvalue weighted by Gasteiger charge is -2.38. The number of likely N-dealkylation sites (N-methyl/N-ethyl adjacent to an activating group) is 1. The summed E-state index contributed by atoms with van der Waals surface area (Å²) in [6.07, 6.45) is -0.598. The van der Waals surface area contributed by atoms with Crippen LogP contribution in [0.1, 0.15) is 47.1 Å². The molecule has 14 nitrogen and oxygen atoms in total. The van der Waals surface area contributed by atoms with Crippen LogP contribution < -0.4 is 20.7 Å². The van der Waals surface area contributed by atoms with Crippen LogP contribution in [0.15, 0.2) is 27.2 Å². The van der Waals surface area contributed by atoms with Crippen molar-refractivity contribution in [1.82, 2.24) is 20.1 Å². The van der Waals surface area contributed by atoms with E-state index >= 15 is 0 Å². The number of aryl methyl sites for hydroxylation is 4. The number of nitrogens with zero attached hydrogens (tertiary/aromatic N) is 4. The first kappa shape index (κ1) is 30.4. The van der Waals surface area contributed by atoms with E-state index in [2.05, 4.69) is 26.3 Å². The highest BCUT2D eigenvalue weighted by molar-refractivity contribution is 6.04. The third-order valence-electron chi connectivity index (χ3n) is 7.28. The van der Waals surface area contributed by atoms with Gasteiger partial charge in [0.15, 0.2) is 17.3 Å². The highest BCUT2D eigenvalue weighted by Gasteiger charge is 2.35. The van der Waals surface area contributed by atoms with E-state index in [4.69, 9.17) is 13.8 Å². The van der Waals surface area contributed by atoms with Gasteiger partial charge in [-0.2, -0.15) is 0 Å². The van der Waals surface area contributed by atoms with Crippen LogP contribution in [0.3, 0.4) is 0 Å². The second kappa shape index (κ2) is 12.5. The highest BCUT2D eigenvalue weighted by atomic mass is 16.5. The molecule has 0 aliphatic carbocycles. The molecule has 0 bridgehead atoms. The molecular formula is C28H37N7O7. The number of hydrogen-bond donors (Lipinski definition) is 4. The van der Waals surface area contributed by atoms with Crippen molar-refractivity contribution < 1.29 is 33.3 Å². The number of benzene rings is 1. The Bertz CT molecular complexity index is 1430. The number of hydrogen-bond acceptors (Lipinski definition) is 9. The summed E-state index contributed by atoms with van der Waals surface area (Å²) in [4.78, 5) is 42.8. The fraction of sp³-hybridized carbons (Fsp3) is 0.464. The highest BCUT2D eigenvalue weighted by Crippen LogP contribution is 2.35. The number of ether oxygens (including phenoxy) is 1. The molecule has 3 heterocycles. The third kappa shape index (κ3) is 6.33. The molecule has 0 saturated carbocycles. The van der Waals surface area contributed by atoms with Gasteiger partial charge in [-0.05, 0) is 46.8 Å². The van der Waals surface area contributed by atoms with Crippen molar-refractivity contribution in [3.05, 3.63) is 46.7 Å². The standard InChI is InChI=1S/C28H37N7O7/c1-14-11-35(15(2)13-36)26(37)20-9-8-10-21(29-27(38)30-23-16(3)32-41-18(23)5)25(20)40-22(14)12-34(7)28(39)31-24-17(4)33-42-19(24)6/h8-10,14-15,22,36H,11-13H2,1-7H3,(H,31,39)(H2,29,30,38)/t14-,15+,22-/m1/s1. The number of para-hydroxylation sites is 1. The van der Waals surface area contributed by atoms with Gasteiger partial charge in [-0.3, -0.25) is 4.79 Å². The van der Waals surface area contributed by atoms with Gasteiger partial charge < -0.3 is 44.6 Å². The van der Waals surface area contributed by atoms with Gasteiger partial charge in [0.1, 0.15) is 28.9 Å². The predicted molar refractivity (Wildman–Crippen MR) is 154 cm³/mol. The van der Waals surface area contributed by atoms with Crippen LogP contribution >= 0.6 is 0 Å². The first-order valence-electron chi connectivity index (χ1n) is 13.6. The van der Waals surface area contributed by atoms with Crippen molar-refractivity contribution in [3.8, 4) is 5.75 Å². The minimum atomic E-state index is -0.598.